The molecule has 0 spiro atoms. The standard InChI is InChI=1S/C30H57NO3/c1-3-5-7-9-11-13-14-15-16-18-20-22-24-26-30(34)31-28(27-32)29(33)25-23-21-19-17-12-10-8-6-4-2/h15-16,23,25,28-29,32-33H,3-14,17-22,24,26-27H2,1-2H3,(H,31,34)/b16-15-,25-23+. The van der Waals surface area contributed by atoms with E-state index in [2.05, 4.69) is 31.3 Å². The minimum absolute atomic E-state index is 0.0859. The Morgan fingerprint density at radius 1 is 0.676 bits per heavy atom. The molecule has 0 aliphatic rings. The molecule has 1 amide bonds. The van der Waals surface area contributed by atoms with Gasteiger partial charge in [0.2, 0.25) is 5.91 Å². The number of rotatable bonds is 25. The molecule has 0 aromatic rings. The van der Waals surface area contributed by atoms with Gasteiger partial charge in [-0.05, 0) is 44.9 Å². The van der Waals surface area contributed by atoms with Gasteiger partial charge >= 0.3 is 0 Å². The molecule has 0 saturated heterocycles. The second kappa shape index (κ2) is 26.5. The van der Waals surface area contributed by atoms with Crippen molar-refractivity contribution in [1.82, 2.24) is 5.32 Å². The fraction of sp³-hybridized carbons (Fsp3) is 0.833. The van der Waals surface area contributed by atoms with E-state index in [1.807, 2.05) is 6.08 Å². The van der Waals surface area contributed by atoms with Crippen molar-refractivity contribution < 1.29 is 15.0 Å². The summed E-state index contributed by atoms with van der Waals surface area (Å²) >= 11 is 0. The summed E-state index contributed by atoms with van der Waals surface area (Å²) < 4.78 is 0. The van der Waals surface area contributed by atoms with Gasteiger partial charge in [0.25, 0.3) is 0 Å². The van der Waals surface area contributed by atoms with Crippen molar-refractivity contribution in [2.45, 2.75) is 154 Å². The van der Waals surface area contributed by atoms with E-state index < -0.39 is 12.1 Å². The van der Waals surface area contributed by atoms with E-state index in [4.69, 9.17) is 0 Å². The lowest BCUT2D eigenvalue weighted by atomic mass is 10.1. The second-order valence-electron chi connectivity index (χ2n) is 9.81. The number of aliphatic hydroxyl groups excluding tert-OH is 2. The van der Waals surface area contributed by atoms with Crippen molar-refractivity contribution in [3.05, 3.63) is 24.3 Å². The summed E-state index contributed by atoms with van der Waals surface area (Å²) in [5.74, 6) is -0.0859. The summed E-state index contributed by atoms with van der Waals surface area (Å²) in [6.45, 7) is 4.23. The highest BCUT2D eigenvalue weighted by Crippen LogP contribution is 2.10. The average Bonchev–Trinajstić information content (AvgIpc) is 2.84. The molecule has 0 bridgehead atoms. The van der Waals surface area contributed by atoms with Gasteiger partial charge in [-0.15, -0.1) is 0 Å². The lowest BCUT2D eigenvalue weighted by Crippen LogP contribution is -2.45. The third-order valence-corrected chi connectivity index (χ3v) is 6.43. The second-order valence-corrected chi connectivity index (χ2v) is 9.81. The van der Waals surface area contributed by atoms with Crippen LogP contribution in [0.25, 0.3) is 0 Å². The molecule has 34 heavy (non-hydrogen) atoms. The van der Waals surface area contributed by atoms with Crippen molar-refractivity contribution in [2.75, 3.05) is 6.61 Å². The zero-order valence-corrected chi connectivity index (χ0v) is 22.6. The van der Waals surface area contributed by atoms with E-state index >= 15 is 0 Å². The van der Waals surface area contributed by atoms with E-state index in [0.717, 1.165) is 38.5 Å². The average molecular weight is 480 g/mol. The van der Waals surface area contributed by atoms with Crippen molar-refractivity contribution in [2.24, 2.45) is 0 Å². The molecule has 0 saturated carbocycles. The van der Waals surface area contributed by atoms with Crippen LogP contribution in [-0.2, 0) is 4.79 Å². The molecule has 4 nitrogen and oxygen atoms in total. The van der Waals surface area contributed by atoms with E-state index in [1.54, 1.807) is 6.08 Å². The molecule has 0 aromatic heterocycles. The molecule has 0 aliphatic carbocycles. The maximum Gasteiger partial charge on any atom is 0.220 e. The van der Waals surface area contributed by atoms with Crippen LogP contribution in [0.15, 0.2) is 24.3 Å². The summed E-state index contributed by atoms with van der Waals surface area (Å²) in [7, 11) is 0. The Balaban J connectivity index is 3.73. The van der Waals surface area contributed by atoms with Crippen LogP contribution in [0.2, 0.25) is 0 Å². The fourth-order valence-corrected chi connectivity index (χ4v) is 4.11. The van der Waals surface area contributed by atoms with Gasteiger partial charge < -0.3 is 15.5 Å². The summed E-state index contributed by atoms with van der Waals surface area (Å²) in [6.07, 6.45) is 31.0. The quantitative estimate of drug-likeness (QED) is 0.0924. The molecular formula is C30H57NO3. The van der Waals surface area contributed by atoms with Crippen LogP contribution >= 0.6 is 0 Å². The molecular weight excluding hydrogens is 422 g/mol. The molecule has 4 heteroatoms. The Morgan fingerprint density at radius 3 is 1.62 bits per heavy atom. The van der Waals surface area contributed by atoms with E-state index in [-0.39, 0.29) is 12.5 Å². The van der Waals surface area contributed by atoms with E-state index in [0.29, 0.717) is 6.42 Å². The summed E-state index contributed by atoms with van der Waals surface area (Å²) in [5, 5.41) is 22.6. The zero-order valence-electron chi connectivity index (χ0n) is 22.6. The van der Waals surface area contributed by atoms with Crippen LogP contribution in [0, 0.1) is 0 Å². The van der Waals surface area contributed by atoms with Crippen LogP contribution in [0.3, 0.4) is 0 Å². The van der Waals surface area contributed by atoms with Crippen LogP contribution in [0.1, 0.15) is 142 Å². The Labute approximate surface area is 211 Å². The fourth-order valence-electron chi connectivity index (χ4n) is 4.11. The number of carbonyl (C=O) groups excluding carboxylic acids is 1. The van der Waals surface area contributed by atoms with Gasteiger partial charge in [-0.3, -0.25) is 4.79 Å². The molecule has 0 heterocycles. The van der Waals surface area contributed by atoms with Crippen LogP contribution in [-0.4, -0.2) is 34.9 Å². The largest absolute Gasteiger partial charge is 0.394 e. The highest BCUT2D eigenvalue weighted by atomic mass is 16.3. The van der Waals surface area contributed by atoms with E-state index in [9.17, 15) is 15.0 Å². The summed E-state index contributed by atoms with van der Waals surface area (Å²) in [6, 6.07) is -0.623. The zero-order chi connectivity index (χ0) is 25.1. The number of nitrogens with one attached hydrogen (secondary N) is 1. The molecule has 200 valence electrons. The van der Waals surface area contributed by atoms with Crippen LogP contribution in [0.5, 0.6) is 0 Å². The number of hydrogen-bond acceptors (Lipinski definition) is 3. The smallest absolute Gasteiger partial charge is 0.220 e. The monoisotopic (exact) mass is 479 g/mol. The first-order valence-corrected chi connectivity index (χ1v) is 14.6. The molecule has 2 unspecified atom stereocenters. The van der Waals surface area contributed by atoms with Gasteiger partial charge in [-0.2, -0.15) is 0 Å². The molecule has 2 atom stereocenters. The normalized spacial score (nSPS) is 13.6. The van der Waals surface area contributed by atoms with Crippen molar-refractivity contribution in [3.8, 4) is 0 Å². The Kier molecular flexibility index (Phi) is 25.6. The third kappa shape index (κ3) is 22.7. The van der Waals surface area contributed by atoms with Gasteiger partial charge in [-0.25, -0.2) is 0 Å². The maximum atomic E-state index is 12.2. The van der Waals surface area contributed by atoms with Gasteiger partial charge in [0, 0.05) is 6.42 Å². The predicted molar refractivity (Wildman–Crippen MR) is 147 cm³/mol. The minimum Gasteiger partial charge on any atom is -0.394 e. The SMILES string of the molecule is CCCCCCCC/C=C\CCCCCC(=O)NC(CO)C(O)/C=C/CCCCCCCCC. The Bertz CT molecular complexity index is 489. The summed E-state index contributed by atoms with van der Waals surface area (Å²) in [4.78, 5) is 12.2. The number of unbranched alkanes of at least 4 members (excludes halogenated alkanes) is 16. The lowest BCUT2D eigenvalue weighted by Gasteiger charge is -2.19. The number of aliphatic hydroxyl groups is 2. The van der Waals surface area contributed by atoms with Crippen LogP contribution in [0.4, 0.5) is 0 Å². The first kappa shape index (κ1) is 32.9. The highest BCUT2D eigenvalue weighted by Gasteiger charge is 2.17. The summed E-state index contributed by atoms with van der Waals surface area (Å²) in [5.41, 5.74) is 0. The molecule has 0 aliphatic heterocycles. The van der Waals surface area contributed by atoms with Gasteiger partial charge in [0.1, 0.15) is 0 Å². The molecule has 0 rings (SSSR count). The Hall–Kier alpha value is -1.13. The molecule has 0 fully saturated rings. The number of allylic oxidation sites excluding steroid dienone is 3. The lowest BCUT2D eigenvalue weighted by molar-refractivity contribution is -0.123. The van der Waals surface area contributed by atoms with Crippen LogP contribution < -0.4 is 5.32 Å². The first-order valence-electron chi connectivity index (χ1n) is 14.6. The molecule has 0 radical (unpaired) electrons. The van der Waals surface area contributed by atoms with Crippen molar-refractivity contribution >= 4 is 5.91 Å². The predicted octanol–water partition coefficient (Wildman–Crippen LogP) is 7.78. The minimum atomic E-state index is -0.838. The first-order chi connectivity index (χ1) is 16.7. The van der Waals surface area contributed by atoms with E-state index in [1.165, 1.54) is 83.5 Å². The topological polar surface area (TPSA) is 69.6 Å². The third-order valence-electron chi connectivity index (χ3n) is 6.43. The van der Waals surface area contributed by atoms with Crippen molar-refractivity contribution in [1.29, 1.82) is 0 Å². The van der Waals surface area contributed by atoms with Gasteiger partial charge in [0.05, 0.1) is 18.8 Å². The van der Waals surface area contributed by atoms with Gasteiger partial charge in [0.15, 0.2) is 0 Å². The molecule has 0 aromatic carbocycles. The number of hydrogen-bond donors (Lipinski definition) is 3. The Morgan fingerprint density at radius 2 is 1.12 bits per heavy atom. The molecule has 3 N–H and O–H groups in total. The van der Waals surface area contributed by atoms with Gasteiger partial charge in [-0.1, -0.05) is 115 Å². The number of carbonyl (C=O) groups is 1. The maximum absolute atomic E-state index is 12.2. The van der Waals surface area contributed by atoms with Crippen molar-refractivity contribution in [3.63, 3.8) is 0 Å². The highest BCUT2D eigenvalue weighted by molar-refractivity contribution is 5.76. The number of amides is 1.